The van der Waals surface area contributed by atoms with Crippen molar-refractivity contribution in [3.8, 4) is 0 Å². The van der Waals surface area contributed by atoms with Crippen LogP contribution in [0.2, 0.25) is 0 Å². The van der Waals surface area contributed by atoms with Gasteiger partial charge in [-0.15, -0.1) is 0 Å². The third-order valence-electron chi connectivity index (χ3n) is 1.31. The van der Waals surface area contributed by atoms with Crippen LogP contribution in [0.3, 0.4) is 0 Å². The van der Waals surface area contributed by atoms with E-state index in [2.05, 4.69) is 18.8 Å². The molecule has 1 aliphatic rings. The van der Waals surface area contributed by atoms with E-state index in [1.165, 1.54) is 18.7 Å². The Kier molecular flexibility index (Phi) is 1.87. The van der Waals surface area contributed by atoms with Gasteiger partial charge in [0.05, 0.1) is 0 Å². The van der Waals surface area contributed by atoms with Gasteiger partial charge in [-0.05, 0) is 18.7 Å². The van der Waals surface area contributed by atoms with E-state index < -0.39 is 0 Å². The van der Waals surface area contributed by atoms with Crippen LogP contribution in [-0.2, 0) is 0 Å². The average Bonchev–Trinajstić information content (AvgIpc) is 2.14. The Bertz CT molecular complexity index is 76.2. The molecule has 0 bridgehead atoms. The third kappa shape index (κ3) is 1.28. The first-order chi connectivity index (χ1) is 3.43. The lowest BCUT2D eigenvalue weighted by Gasteiger charge is -1.99. The van der Waals surface area contributed by atoms with Crippen molar-refractivity contribution in [2.75, 3.05) is 12.3 Å². The minimum atomic E-state index is 0.377. The summed E-state index contributed by atoms with van der Waals surface area (Å²) in [6.07, 6.45) is 6.52. The molecule has 1 aliphatic heterocycles. The SMILES string of the molecule is CCP1C=CCC1. The number of allylic oxidation sites excluding steroid dienone is 1. The van der Waals surface area contributed by atoms with Crippen LogP contribution in [-0.4, -0.2) is 12.3 Å². The van der Waals surface area contributed by atoms with Crippen molar-refractivity contribution in [3.05, 3.63) is 11.9 Å². The molecule has 7 heavy (non-hydrogen) atoms. The lowest BCUT2D eigenvalue weighted by atomic mass is 10.5. The molecule has 0 nitrogen and oxygen atoms in total. The molecule has 0 radical (unpaired) electrons. The first-order valence-corrected chi connectivity index (χ1v) is 4.62. The quantitative estimate of drug-likeness (QED) is 0.459. The lowest BCUT2D eigenvalue weighted by molar-refractivity contribution is 1.26. The molecule has 0 saturated carbocycles. The second kappa shape index (κ2) is 2.47. The maximum atomic E-state index is 2.40. The van der Waals surface area contributed by atoms with Gasteiger partial charge in [0.2, 0.25) is 0 Å². The molecule has 0 aromatic rings. The zero-order valence-corrected chi connectivity index (χ0v) is 5.62. The summed E-state index contributed by atoms with van der Waals surface area (Å²) in [7, 11) is 0.377. The molecule has 0 aliphatic carbocycles. The van der Waals surface area contributed by atoms with Crippen molar-refractivity contribution in [3.63, 3.8) is 0 Å². The normalized spacial score (nSPS) is 29.0. The summed E-state index contributed by atoms with van der Waals surface area (Å²) in [4.78, 5) is 0. The van der Waals surface area contributed by atoms with Crippen LogP contribution >= 0.6 is 7.92 Å². The second-order valence-corrected chi connectivity index (χ2v) is 4.36. The predicted molar refractivity (Wildman–Crippen MR) is 36.1 cm³/mol. The Morgan fingerprint density at radius 3 is 2.86 bits per heavy atom. The molecule has 0 saturated heterocycles. The molecule has 0 N–H and O–H groups in total. The van der Waals surface area contributed by atoms with Crippen LogP contribution in [0.4, 0.5) is 0 Å². The van der Waals surface area contributed by atoms with Gasteiger partial charge in [-0.1, -0.05) is 26.7 Å². The lowest BCUT2D eigenvalue weighted by Crippen LogP contribution is -1.73. The van der Waals surface area contributed by atoms with E-state index in [4.69, 9.17) is 0 Å². The Hall–Kier alpha value is 0.170. The van der Waals surface area contributed by atoms with Crippen LogP contribution in [0.25, 0.3) is 0 Å². The molecule has 1 unspecified atom stereocenters. The van der Waals surface area contributed by atoms with E-state index in [1.54, 1.807) is 0 Å². The summed E-state index contributed by atoms with van der Waals surface area (Å²) in [6.45, 7) is 2.28. The minimum absolute atomic E-state index is 0.377. The Morgan fingerprint density at radius 1 is 1.71 bits per heavy atom. The third-order valence-corrected chi connectivity index (χ3v) is 3.58. The number of hydrogen-bond donors (Lipinski definition) is 0. The van der Waals surface area contributed by atoms with Crippen LogP contribution in [0.15, 0.2) is 11.9 Å². The van der Waals surface area contributed by atoms with Crippen LogP contribution in [0.5, 0.6) is 0 Å². The van der Waals surface area contributed by atoms with Gasteiger partial charge in [0.25, 0.3) is 0 Å². The molecule has 0 fully saturated rings. The predicted octanol–water partition coefficient (Wildman–Crippen LogP) is 2.41. The standard InChI is InChI=1S/C6H11P/c1-2-7-5-3-4-6-7/h3,5H,2,4,6H2,1H3. The maximum absolute atomic E-state index is 2.40. The largest absolute Gasteiger partial charge is 0.0837 e. The first kappa shape index (κ1) is 5.31. The van der Waals surface area contributed by atoms with Gasteiger partial charge in [-0.3, -0.25) is 0 Å². The summed E-state index contributed by atoms with van der Waals surface area (Å²) in [5.41, 5.74) is 0. The highest BCUT2D eigenvalue weighted by Crippen LogP contribution is 2.41. The average molecular weight is 114 g/mol. The van der Waals surface area contributed by atoms with Gasteiger partial charge in [0.15, 0.2) is 0 Å². The minimum Gasteiger partial charge on any atom is -0.0837 e. The second-order valence-electron chi connectivity index (χ2n) is 1.80. The monoisotopic (exact) mass is 114 g/mol. The molecule has 1 heterocycles. The topological polar surface area (TPSA) is 0 Å². The molecule has 0 amide bonds. The molecule has 40 valence electrons. The molecule has 1 heteroatoms. The number of rotatable bonds is 1. The van der Waals surface area contributed by atoms with E-state index in [0.717, 1.165) is 0 Å². The first-order valence-electron chi connectivity index (χ1n) is 2.84. The summed E-state index contributed by atoms with van der Waals surface area (Å²) < 4.78 is 0. The van der Waals surface area contributed by atoms with Gasteiger partial charge in [-0.2, -0.15) is 0 Å². The summed E-state index contributed by atoms with van der Waals surface area (Å²) in [5.74, 6) is 2.40. The fourth-order valence-corrected chi connectivity index (χ4v) is 2.41. The molecule has 0 spiro atoms. The zero-order valence-electron chi connectivity index (χ0n) is 4.72. The van der Waals surface area contributed by atoms with Crippen molar-refractivity contribution < 1.29 is 0 Å². The van der Waals surface area contributed by atoms with Crippen LogP contribution < -0.4 is 0 Å². The fourth-order valence-electron chi connectivity index (χ4n) is 0.802. The van der Waals surface area contributed by atoms with Gasteiger partial charge in [-0.25, -0.2) is 0 Å². The van der Waals surface area contributed by atoms with E-state index >= 15 is 0 Å². The van der Waals surface area contributed by atoms with Gasteiger partial charge in [0.1, 0.15) is 0 Å². The number of hydrogen-bond acceptors (Lipinski definition) is 0. The molecule has 1 atom stereocenters. The van der Waals surface area contributed by atoms with Gasteiger partial charge < -0.3 is 0 Å². The Labute approximate surface area is 46.4 Å². The molecular weight excluding hydrogens is 103 g/mol. The summed E-state index contributed by atoms with van der Waals surface area (Å²) in [6, 6.07) is 0. The van der Waals surface area contributed by atoms with Crippen LogP contribution in [0, 0.1) is 0 Å². The summed E-state index contributed by atoms with van der Waals surface area (Å²) in [5, 5.41) is 0. The van der Waals surface area contributed by atoms with Crippen molar-refractivity contribution in [2.45, 2.75) is 13.3 Å². The van der Waals surface area contributed by atoms with Crippen molar-refractivity contribution >= 4 is 7.92 Å². The highest BCUT2D eigenvalue weighted by atomic mass is 31.1. The Balaban J connectivity index is 2.28. The molecule has 0 aromatic carbocycles. The van der Waals surface area contributed by atoms with Crippen molar-refractivity contribution in [1.82, 2.24) is 0 Å². The fraction of sp³-hybridized carbons (Fsp3) is 0.667. The van der Waals surface area contributed by atoms with E-state index in [9.17, 15) is 0 Å². The molecule has 0 aromatic heterocycles. The summed E-state index contributed by atoms with van der Waals surface area (Å²) >= 11 is 0. The Morgan fingerprint density at radius 2 is 2.57 bits per heavy atom. The smallest absolute Gasteiger partial charge is 0.0257 e. The van der Waals surface area contributed by atoms with Gasteiger partial charge >= 0.3 is 0 Å². The molecule has 1 rings (SSSR count). The maximum Gasteiger partial charge on any atom is -0.0257 e. The van der Waals surface area contributed by atoms with Gasteiger partial charge in [0, 0.05) is 0 Å². The van der Waals surface area contributed by atoms with E-state index in [1.807, 2.05) is 0 Å². The van der Waals surface area contributed by atoms with Crippen LogP contribution in [0.1, 0.15) is 13.3 Å². The van der Waals surface area contributed by atoms with Crippen molar-refractivity contribution in [2.24, 2.45) is 0 Å². The molecular formula is C6H11P. The van der Waals surface area contributed by atoms with E-state index in [0.29, 0.717) is 7.92 Å². The zero-order chi connectivity index (χ0) is 5.11. The van der Waals surface area contributed by atoms with Crippen molar-refractivity contribution in [1.29, 1.82) is 0 Å². The highest BCUT2D eigenvalue weighted by molar-refractivity contribution is 7.61. The highest BCUT2D eigenvalue weighted by Gasteiger charge is 2.02. The van der Waals surface area contributed by atoms with E-state index in [-0.39, 0.29) is 0 Å².